The molecule has 0 aromatic heterocycles. The molecule has 8 nitrogen and oxygen atoms in total. The predicted octanol–water partition coefficient (Wildman–Crippen LogP) is 5.85. The standard InChI is InChI=1S/C36H71F4N5O3/c1-31(2)44-21-17-42(18-22-44)15-10-12-26-47-29-36(39,40)30-48-34(7,8)14-13-32(3)45-23-19-43(20-24-45)16-9-11-25-46-28-35(37,38)27-41-33(4,5)6/h31-32,41H,9-30H2,1-8H3/t32-/m0/s1. The Kier molecular flexibility index (Phi) is 19.1. The number of unbranched alkanes of at least 4 members (excludes halogenated alkanes) is 2. The summed E-state index contributed by atoms with van der Waals surface area (Å²) in [4.78, 5) is 9.81. The molecule has 0 saturated carbocycles. The highest BCUT2D eigenvalue weighted by atomic mass is 19.3. The molecule has 0 aromatic rings. The molecule has 2 aliphatic heterocycles. The van der Waals surface area contributed by atoms with Crippen LogP contribution in [0.4, 0.5) is 17.6 Å². The van der Waals surface area contributed by atoms with Crippen LogP contribution in [0.5, 0.6) is 0 Å². The molecular weight excluding hydrogens is 626 g/mol. The number of alkyl halides is 4. The summed E-state index contributed by atoms with van der Waals surface area (Å²) in [5.41, 5.74) is -0.996. The van der Waals surface area contributed by atoms with Crippen LogP contribution < -0.4 is 5.32 Å². The molecule has 0 unspecified atom stereocenters. The van der Waals surface area contributed by atoms with Gasteiger partial charge >= 0.3 is 0 Å². The van der Waals surface area contributed by atoms with E-state index < -0.39 is 37.3 Å². The molecule has 48 heavy (non-hydrogen) atoms. The number of rotatable bonds is 24. The number of hydrogen-bond acceptors (Lipinski definition) is 8. The van der Waals surface area contributed by atoms with E-state index in [0.29, 0.717) is 31.7 Å². The molecule has 286 valence electrons. The minimum absolute atomic E-state index is 0.334. The minimum atomic E-state index is -3.01. The largest absolute Gasteiger partial charge is 0.375 e. The SMILES string of the molecule is CC(C)N1CCN(CCCCOCC(F)(F)COC(C)(C)CC[C@H](C)N2CCN(CCCCOCC(F)(F)CNC(C)(C)C)CC2)CC1. The molecule has 0 aromatic carbocycles. The highest BCUT2D eigenvalue weighted by Gasteiger charge is 2.34. The number of hydrogen-bond donors (Lipinski definition) is 1. The summed E-state index contributed by atoms with van der Waals surface area (Å²) < 4.78 is 73.3. The fourth-order valence-electron chi connectivity index (χ4n) is 6.05. The predicted molar refractivity (Wildman–Crippen MR) is 188 cm³/mol. The van der Waals surface area contributed by atoms with Crippen molar-refractivity contribution in [2.75, 3.05) is 105 Å². The molecule has 2 heterocycles. The molecule has 0 spiro atoms. The summed E-state index contributed by atoms with van der Waals surface area (Å²) in [6.45, 7) is 24.7. The van der Waals surface area contributed by atoms with Gasteiger partial charge in [-0.1, -0.05) is 0 Å². The van der Waals surface area contributed by atoms with Crippen molar-refractivity contribution in [1.82, 2.24) is 24.9 Å². The summed E-state index contributed by atoms with van der Waals surface area (Å²) in [6, 6.07) is 0.922. The van der Waals surface area contributed by atoms with Crippen LogP contribution in [0.1, 0.15) is 93.9 Å². The Morgan fingerprint density at radius 1 is 0.625 bits per heavy atom. The van der Waals surface area contributed by atoms with E-state index in [2.05, 4.69) is 45.7 Å². The zero-order chi connectivity index (χ0) is 35.8. The number of piperazine rings is 2. The van der Waals surface area contributed by atoms with E-state index >= 15 is 0 Å². The first-order valence-corrected chi connectivity index (χ1v) is 18.6. The van der Waals surface area contributed by atoms with E-state index in [1.54, 1.807) is 0 Å². The number of ether oxygens (including phenoxy) is 3. The molecule has 0 bridgehead atoms. The fourth-order valence-corrected chi connectivity index (χ4v) is 6.05. The zero-order valence-corrected chi connectivity index (χ0v) is 31.7. The highest BCUT2D eigenvalue weighted by molar-refractivity contribution is 4.81. The number of nitrogens with zero attached hydrogens (tertiary/aromatic N) is 4. The van der Waals surface area contributed by atoms with E-state index in [0.717, 1.165) is 97.6 Å². The summed E-state index contributed by atoms with van der Waals surface area (Å²) >= 11 is 0. The van der Waals surface area contributed by atoms with E-state index in [4.69, 9.17) is 14.2 Å². The van der Waals surface area contributed by atoms with Gasteiger partial charge < -0.3 is 29.3 Å². The number of nitrogens with one attached hydrogen (secondary N) is 1. The Hall–Kier alpha value is -0.600. The highest BCUT2D eigenvalue weighted by Crippen LogP contribution is 2.25. The third-order valence-electron chi connectivity index (χ3n) is 9.54. The lowest BCUT2D eigenvalue weighted by atomic mass is 9.98. The van der Waals surface area contributed by atoms with Gasteiger partial charge in [-0.15, -0.1) is 0 Å². The monoisotopic (exact) mass is 698 g/mol. The summed E-state index contributed by atoms with van der Waals surface area (Å²) in [5, 5.41) is 2.83. The quantitative estimate of drug-likeness (QED) is 0.0998. The third kappa shape index (κ3) is 19.7. The molecule has 0 aliphatic carbocycles. The Bertz CT molecular complexity index is 846. The molecule has 0 radical (unpaired) electrons. The van der Waals surface area contributed by atoms with E-state index in [-0.39, 0.29) is 12.1 Å². The van der Waals surface area contributed by atoms with Gasteiger partial charge in [0.05, 0.1) is 12.1 Å². The van der Waals surface area contributed by atoms with Crippen molar-refractivity contribution in [2.24, 2.45) is 0 Å². The van der Waals surface area contributed by atoms with Gasteiger partial charge in [-0.3, -0.25) is 9.80 Å². The first-order valence-electron chi connectivity index (χ1n) is 18.6. The van der Waals surface area contributed by atoms with Crippen molar-refractivity contribution < 1.29 is 31.8 Å². The molecule has 2 rings (SSSR count). The smallest absolute Gasteiger partial charge is 0.293 e. The Labute approximate surface area is 290 Å². The van der Waals surface area contributed by atoms with Crippen molar-refractivity contribution in [3.8, 4) is 0 Å². The minimum Gasteiger partial charge on any atom is -0.375 e. The van der Waals surface area contributed by atoms with Crippen LogP contribution in [0, 0.1) is 0 Å². The summed E-state index contributed by atoms with van der Waals surface area (Å²) in [7, 11) is 0. The summed E-state index contributed by atoms with van der Waals surface area (Å²) in [5.74, 6) is -5.88. The van der Waals surface area contributed by atoms with Crippen LogP contribution >= 0.6 is 0 Å². The maximum atomic E-state index is 14.5. The van der Waals surface area contributed by atoms with Gasteiger partial charge in [-0.25, -0.2) is 17.6 Å². The Morgan fingerprint density at radius 2 is 1.10 bits per heavy atom. The molecule has 12 heteroatoms. The van der Waals surface area contributed by atoms with Gasteiger partial charge in [0.1, 0.15) is 19.8 Å². The average Bonchev–Trinajstić information content (AvgIpc) is 3.02. The fraction of sp³-hybridized carbons (Fsp3) is 1.00. The maximum absolute atomic E-state index is 14.5. The van der Waals surface area contributed by atoms with Crippen LogP contribution in [0.25, 0.3) is 0 Å². The second-order valence-electron chi connectivity index (χ2n) is 16.1. The molecule has 2 fully saturated rings. The van der Waals surface area contributed by atoms with Crippen LogP contribution in [0.3, 0.4) is 0 Å². The second kappa shape index (κ2) is 21.1. The number of halogens is 4. The molecule has 1 atom stereocenters. The van der Waals surface area contributed by atoms with Crippen molar-refractivity contribution in [1.29, 1.82) is 0 Å². The van der Waals surface area contributed by atoms with Crippen LogP contribution in [-0.4, -0.2) is 160 Å². The first kappa shape index (κ1) is 43.6. The van der Waals surface area contributed by atoms with Gasteiger partial charge in [0.15, 0.2) is 0 Å². The van der Waals surface area contributed by atoms with E-state index in [9.17, 15) is 17.6 Å². The van der Waals surface area contributed by atoms with Crippen molar-refractivity contribution in [3.63, 3.8) is 0 Å². The lowest BCUT2D eigenvalue weighted by Gasteiger charge is -2.39. The zero-order valence-electron chi connectivity index (χ0n) is 31.7. The van der Waals surface area contributed by atoms with Crippen LogP contribution in [-0.2, 0) is 14.2 Å². The molecule has 2 aliphatic rings. The maximum Gasteiger partial charge on any atom is 0.293 e. The first-order chi connectivity index (χ1) is 22.4. The molecule has 0 amide bonds. The van der Waals surface area contributed by atoms with Crippen molar-refractivity contribution in [3.05, 3.63) is 0 Å². The van der Waals surface area contributed by atoms with Crippen molar-refractivity contribution >= 4 is 0 Å². The van der Waals surface area contributed by atoms with Crippen LogP contribution in [0.15, 0.2) is 0 Å². The Morgan fingerprint density at radius 3 is 1.58 bits per heavy atom. The van der Waals surface area contributed by atoms with Crippen molar-refractivity contribution in [2.45, 2.75) is 129 Å². The summed E-state index contributed by atoms with van der Waals surface area (Å²) in [6.07, 6.45) is 4.99. The lowest BCUT2D eigenvalue weighted by Crippen LogP contribution is -2.50. The Balaban J connectivity index is 1.50. The second-order valence-corrected chi connectivity index (χ2v) is 16.1. The van der Waals surface area contributed by atoms with Gasteiger partial charge in [0, 0.05) is 83.2 Å². The van der Waals surface area contributed by atoms with Gasteiger partial charge in [-0.05, 0) is 107 Å². The van der Waals surface area contributed by atoms with Crippen LogP contribution in [0.2, 0.25) is 0 Å². The molecule has 2 saturated heterocycles. The molecular formula is C36H71F4N5O3. The molecule has 1 N–H and O–H groups in total. The van der Waals surface area contributed by atoms with Gasteiger partial charge in [0.2, 0.25) is 0 Å². The third-order valence-corrected chi connectivity index (χ3v) is 9.54. The van der Waals surface area contributed by atoms with Gasteiger partial charge in [-0.2, -0.15) is 0 Å². The van der Waals surface area contributed by atoms with E-state index in [1.165, 1.54) is 0 Å². The normalized spacial score (nSPS) is 19.4. The topological polar surface area (TPSA) is 52.7 Å². The average molecular weight is 698 g/mol. The van der Waals surface area contributed by atoms with Gasteiger partial charge in [0.25, 0.3) is 11.8 Å². The van der Waals surface area contributed by atoms with E-state index in [1.807, 2.05) is 34.6 Å². The lowest BCUT2D eigenvalue weighted by molar-refractivity contribution is -0.158.